The van der Waals surface area contributed by atoms with E-state index in [-0.39, 0.29) is 0 Å². The smallest absolute Gasteiger partial charge is 0.380 e. The summed E-state index contributed by atoms with van der Waals surface area (Å²) in [5.74, 6) is -1.68. The predicted molar refractivity (Wildman–Crippen MR) is 77.1 cm³/mol. The Labute approximate surface area is 133 Å². The van der Waals surface area contributed by atoms with E-state index >= 15 is 0 Å². The lowest BCUT2D eigenvalue weighted by atomic mass is 10.0. The molecule has 3 N–H and O–H groups in total. The van der Waals surface area contributed by atoms with Gasteiger partial charge in [-0.2, -0.15) is 13.2 Å². The van der Waals surface area contributed by atoms with E-state index in [0.717, 1.165) is 0 Å². The van der Waals surface area contributed by atoms with Gasteiger partial charge in [0, 0.05) is 4.47 Å². The summed E-state index contributed by atoms with van der Waals surface area (Å²) in [6, 6.07) is 6.72. The van der Waals surface area contributed by atoms with Gasteiger partial charge in [0.1, 0.15) is 0 Å². The molecule has 5 nitrogen and oxygen atoms in total. The van der Waals surface area contributed by atoms with Crippen molar-refractivity contribution in [2.75, 3.05) is 11.9 Å². The zero-order chi connectivity index (χ0) is 17.0. The minimum atomic E-state index is -4.93. The molecule has 1 atom stereocenters. The fourth-order valence-corrected chi connectivity index (χ4v) is 1.80. The highest BCUT2D eigenvalue weighted by Crippen LogP contribution is 2.32. The Bertz CT molecular complexity index is 562. The molecule has 2 amide bonds. The van der Waals surface area contributed by atoms with Gasteiger partial charge in [-0.05, 0) is 35.0 Å². The second-order valence-electron chi connectivity index (χ2n) is 4.75. The van der Waals surface area contributed by atoms with Crippen LogP contribution in [-0.4, -0.2) is 35.2 Å². The van der Waals surface area contributed by atoms with E-state index in [1.165, 1.54) is 0 Å². The molecule has 1 aromatic carbocycles. The first kappa shape index (κ1) is 18.4. The number of para-hydroxylation sites is 1. The van der Waals surface area contributed by atoms with Crippen LogP contribution in [0.25, 0.3) is 0 Å². The van der Waals surface area contributed by atoms with Gasteiger partial charge in [0.15, 0.2) is 5.60 Å². The van der Waals surface area contributed by atoms with E-state index in [1.807, 2.05) is 5.32 Å². The van der Waals surface area contributed by atoms with Crippen molar-refractivity contribution in [3.05, 3.63) is 28.7 Å². The summed E-state index contributed by atoms with van der Waals surface area (Å²) in [4.78, 5) is 23.0. The lowest BCUT2D eigenvalue weighted by Crippen LogP contribution is -2.47. The van der Waals surface area contributed by atoms with Crippen LogP contribution < -0.4 is 10.6 Å². The second kappa shape index (κ2) is 7.10. The molecular formula is C13H14BrF3N2O3. The van der Waals surface area contributed by atoms with Gasteiger partial charge in [-0.1, -0.05) is 12.1 Å². The zero-order valence-corrected chi connectivity index (χ0v) is 13.1. The van der Waals surface area contributed by atoms with Gasteiger partial charge < -0.3 is 15.7 Å². The lowest BCUT2D eigenvalue weighted by Gasteiger charge is -2.25. The first-order valence-corrected chi connectivity index (χ1v) is 6.92. The SMILES string of the molecule is C[C@@](O)(CC(=O)NCC(=O)Nc1ccccc1Br)C(F)(F)F. The van der Waals surface area contributed by atoms with Crippen molar-refractivity contribution in [3.63, 3.8) is 0 Å². The minimum absolute atomic E-state index is 0.462. The molecule has 0 saturated heterocycles. The molecule has 0 bridgehead atoms. The molecule has 0 fully saturated rings. The fraction of sp³-hybridized carbons (Fsp3) is 0.385. The highest BCUT2D eigenvalue weighted by molar-refractivity contribution is 9.10. The number of hydrogen-bond acceptors (Lipinski definition) is 3. The third-order valence-corrected chi connectivity index (χ3v) is 3.40. The Hall–Kier alpha value is -1.61. The van der Waals surface area contributed by atoms with Crippen LogP contribution in [0.1, 0.15) is 13.3 Å². The van der Waals surface area contributed by atoms with Crippen molar-refractivity contribution in [1.29, 1.82) is 0 Å². The topological polar surface area (TPSA) is 78.4 Å². The highest BCUT2D eigenvalue weighted by atomic mass is 79.9. The number of rotatable bonds is 5. The maximum absolute atomic E-state index is 12.4. The molecule has 0 heterocycles. The number of aliphatic hydroxyl groups is 1. The van der Waals surface area contributed by atoms with Crippen LogP contribution in [0.4, 0.5) is 18.9 Å². The molecule has 0 aliphatic rings. The average molecular weight is 383 g/mol. The molecule has 22 heavy (non-hydrogen) atoms. The third-order valence-electron chi connectivity index (χ3n) is 2.71. The summed E-state index contributed by atoms with van der Waals surface area (Å²) in [5.41, 5.74) is -2.68. The molecule has 1 rings (SSSR count). The lowest BCUT2D eigenvalue weighted by molar-refractivity contribution is -0.253. The molecule has 0 radical (unpaired) electrons. The zero-order valence-electron chi connectivity index (χ0n) is 11.5. The number of amides is 2. The van der Waals surface area contributed by atoms with Crippen molar-refractivity contribution < 1.29 is 27.9 Å². The van der Waals surface area contributed by atoms with Crippen molar-refractivity contribution in [2.24, 2.45) is 0 Å². The van der Waals surface area contributed by atoms with Crippen LogP contribution in [0.5, 0.6) is 0 Å². The quantitative estimate of drug-likeness (QED) is 0.730. The van der Waals surface area contributed by atoms with Gasteiger partial charge in [-0.15, -0.1) is 0 Å². The van der Waals surface area contributed by atoms with Crippen LogP contribution in [0.2, 0.25) is 0 Å². The Balaban J connectivity index is 2.48. The number of anilines is 1. The predicted octanol–water partition coefficient (Wildman–Crippen LogP) is 2.21. The van der Waals surface area contributed by atoms with E-state index in [9.17, 15) is 22.8 Å². The van der Waals surface area contributed by atoms with Crippen LogP contribution in [0, 0.1) is 0 Å². The summed E-state index contributed by atoms with van der Waals surface area (Å²) in [6.07, 6.45) is -6.11. The molecule has 0 aliphatic heterocycles. The number of nitrogens with one attached hydrogen (secondary N) is 2. The van der Waals surface area contributed by atoms with Crippen molar-refractivity contribution in [2.45, 2.75) is 25.1 Å². The molecule has 122 valence electrons. The molecule has 0 aliphatic carbocycles. The number of hydrogen-bond donors (Lipinski definition) is 3. The molecule has 0 aromatic heterocycles. The van der Waals surface area contributed by atoms with E-state index in [2.05, 4.69) is 21.2 Å². The van der Waals surface area contributed by atoms with Crippen LogP contribution >= 0.6 is 15.9 Å². The van der Waals surface area contributed by atoms with Crippen LogP contribution in [-0.2, 0) is 9.59 Å². The standard InChI is InChI=1S/C13H14BrF3N2O3/c1-12(22,13(15,16)17)6-10(20)18-7-11(21)19-9-5-3-2-4-8(9)14/h2-5,22H,6-7H2,1H3,(H,18,20)(H,19,21)/t12-/m1/s1. The fourth-order valence-electron chi connectivity index (χ4n) is 1.41. The van der Waals surface area contributed by atoms with Crippen molar-refractivity contribution in [3.8, 4) is 0 Å². The van der Waals surface area contributed by atoms with Gasteiger partial charge in [-0.25, -0.2) is 0 Å². The maximum Gasteiger partial charge on any atom is 0.417 e. The van der Waals surface area contributed by atoms with Crippen molar-refractivity contribution in [1.82, 2.24) is 5.32 Å². The Morgan fingerprint density at radius 1 is 1.23 bits per heavy atom. The first-order chi connectivity index (χ1) is 10.0. The van der Waals surface area contributed by atoms with E-state index < -0.39 is 36.6 Å². The van der Waals surface area contributed by atoms with Gasteiger partial charge >= 0.3 is 6.18 Å². The Morgan fingerprint density at radius 3 is 2.36 bits per heavy atom. The van der Waals surface area contributed by atoms with Gasteiger partial charge in [0.2, 0.25) is 11.8 Å². The van der Waals surface area contributed by atoms with E-state index in [4.69, 9.17) is 5.11 Å². The van der Waals surface area contributed by atoms with Crippen molar-refractivity contribution >= 4 is 33.4 Å². The van der Waals surface area contributed by atoms with E-state index in [1.54, 1.807) is 24.3 Å². The molecule has 0 unspecified atom stereocenters. The Morgan fingerprint density at radius 2 is 1.82 bits per heavy atom. The van der Waals surface area contributed by atoms with Gasteiger partial charge in [-0.3, -0.25) is 9.59 Å². The number of benzene rings is 1. The largest absolute Gasteiger partial charge is 0.417 e. The summed E-state index contributed by atoms with van der Waals surface area (Å²) in [6.45, 7) is -0.0121. The maximum atomic E-state index is 12.4. The summed E-state index contributed by atoms with van der Waals surface area (Å²) < 4.78 is 37.9. The first-order valence-electron chi connectivity index (χ1n) is 6.13. The molecule has 9 heteroatoms. The third kappa shape index (κ3) is 5.30. The molecule has 1 aromatic rings. The molecular weight excluding hydrogens is 369 g/mol. The van der Waals surface area contributed by atoms with Gasteiger partial charge in [0.05, 0.1) is 18.7 Å². The summed E-state index contributed by atoms with van der Waals surface area (Å²) in [7, 11) is 0. The average Bonchev–Trinajstić information content (AvgIpc) is 2.37. The van der Waals surface area contributed by atoms with Crippen LogP contribution in [0.3, 0.4) is 0 Å². The number of carbonyl (C=O) groups is 2. The van der Waals surface area contributed by atoms with E-state index in [0.29, 0.717) is 17.1 Å². The number of carbonyl (C=O) groups excluding carboxylic acids is 2. The Kier molecular flexibility index (Phi) is 5.95. The second-order valence-corrected chi connectivity index (χ2v) is 5.61. The summed E-state index contributed by atoms with van der Waals surface area (Å²) >= 11 is 3.21. The molecule has 0 saturated carbocycles. The number of halogens is 4. The summed E-state index contributed by atoms with van der Waals surface area (Å²) in [5, 5.41) is 13.7. The van der Waals surface area contributed by atoms with Crippen LogP contribution in [0.15, 0.2) is 28.7 Å². The normalized spacial score (nSPS) is 14.1. The minimum Gasteiger partial charge on any atom is -0.380 e. The monoisotopic (exact) mass is 382 g/mol. The highest BCUT2D eigenvalue weighted by Gasteiger charge is 2.50. The van der Waals surface area contributed by atoms with Gasteiger partial charge in [0.25, 0.3) is 0 Å². The number of alkyl halides is 3. The molecule has 0 spiro atoms.